The van der Waals surface area contributed by atoms with Gasteiger partial charge >= 0.3 is 0 Å². The van der Waals surface area contributed by atoms with Crippen LogP contribution in [-0.4, -0.2) is 29.3 Å². The predicted molar refractivity (Wildman–Crippen MR) is 70.7 cm³/mol. The summed E-state index contributed by atoms with van der Waals surface area (Å²) in [6.07, 6.45) is 0.613. The monoisotopic (exact) mass is 275 g/mol. The maximum Gasteiger partial charge on any atom is 0.149 e. The Morgan fingerprint density at radius 3 is 2.82 bits per heavy atom. The topological polar surface area (TPSA) is 62.4 Å². The highest BCUT2D eigenvalue weighted by Crippen LogP contribution is 2.33. The summed E-state index contributed by atoms with van der Waals surface area (Å²) < 4.78 is 0. The quantitative estimate of drug-likeness (QED) is 0.869. The second-order valence-corrected chi connectivity index (χ2v) is 5.21. The molecule has 0 aromatic carbocycles. The molecule has 3 N–H and O–H groups in total. The Balaban J connectivity index is 2.22. The fraction of sp³-hybridized carbons (Fsp3) is 0.545. The Labute approximate surface area is 110 Å². The van der Waals surface area contributed by atoms with Crippen molar-refractivity contribution in [3.8, 4) is 0 Å². The number of anilines is 2. The molecule has 0 bridgehead atoms. The van der Waals surface area contributed by atoms with Crippen molar-refractivity contribution < 1.29 is 5.11 Å². The molecule has 2 rings (SSSR count). The van der Waals surface area contributed by atoms with Crippen LogP contribution in [0, 0.1) is 5.92 Å². The highest BCUT2D eigenvalue weighted by molar-refractivity contribution is 6.37. The molecular weight excluding hydrogens is 261 g/mol. The van der Waals surface area contributed by atoms with E-state index in [1.54, 1.807) is 13.0 Å². The standard InChI is InChI=1S/C11H15Cl2N3O/c1-6(17)7-2-3-16(5-7)11-9(13)4-8(12)10(14)15-11/h4,6-7,17H,2-3,5H2,1H3,(H2,14,15). The highest BCUT2D eigenvalue weighted by atomic mass is 35.5. The van der Waals surface area contributed by atoms with Gasteiger partial charge in [0.05, 0.1) is 16.1 Å². The van der Waals surface area contributed by atoms with E-state index < -0.39 is 0 Å². The van der Waals surface area contributed by atoms with Gasteiger partial charge in [-0.25, -0.2) is 4.98 Å². The van der Waals surface area contributed by atoms with Crippen LogP contribution in [-0.2, 0) is 0 Å². The Morgan fingerprint density at radius 2 is 2.24 bits per heavy atom. The van der Waals surface area contributed by atoms with E-state index in [-0.39, 0.29) is 17.8 Å². The molecular formula is C11H15Cl2N3O. The number of nitrogen functional groups attached to an aromatic ring is 1. The average Bonchev–Trinajstić information content (AvgIpc) is 2.72. The maximum absolute atomic E-state index is 9.56. The van der Waals surface area contributed by atoms with Gasteiger partial charge in [-0.2, -0.15) is 0 Å². The van der Waals surface area contributed by atoms with Gasteiger partial charge in [0.2, 0.25) is 0 Å². The van der Waals surface area contributed by atoms with Gasteiger partial charge in [-0.3, -0.25) is 0 Å². The normalized spacial score (nSPS) is 21.9. The van der Waals surface area contributed by atoms with E-state index in [0.717, 1.165) is 19.5 Å². The molecule has 1 fully saturated rings. The van der Waals surface area contributed by atoms with Crippen LogP contribution < -0.4 is 10.6 Å². The van der Waals surface area contributed by atoms with Gasteiger partial charge in [-0.1, -0.05) is 23.2 Å². The van der Waals surface area contributed by atoms with Crippen molar-refractivity contribution in [2.24, 2.45) is 5.92 Å². The largest absolute Gasteiger partial charge is 0.393 e. The summed E-state index contributed by atoms with van der Waals surface area (Å²) >= 11 is 11.9. The van der Waals surface area contributed by atoms with E-state index in [0.29, 0.717) is 15.9 Å². The van der Waals surface area contributed by atoms with E-state index in [1.165, 1.54) is 0 Å². The summed E-state index contributed by atoms with van der Waals surface area (Å²) in [7, 11) is 0. The molecule has 2 unspecified atom stereocenters. The van der Waals surface area contributed by atoms with Crippen LogP contribution in [0.4, 0.5) is 11.6 Å². The van der Waals surface area contributed by atoms with E-state index >= 15 is 0 Å². The van der Waals surface area contributed by atoms with Crippen molar-refractivity contribution in [3.63, 3.8) is 0 Å². The van der Waals surface area contributed by atoms with Gasteiger partial charge in [0, 0.05) is 19.0 Å². The molecule has 1 aliphatic rings. The molecule has 4 nitrogen and oxygen atoms in total. The third kappa shape index (κ3) is 2.59. The number of halogens is 2. The molecule has 0 aliphatic carbocycles. The lowest BCUT2D eigenvalue weighted by Crippen LogP contribution is -2.25. The summed E-state index contributed by atoms with van der Waals surface area (Å²) in [6, 6.07) is 1.61. The average molecular weight is 276 g/mol. The number of hydrogen-bond donors (Lipinski definition) is 2. The molecule has 1 aromatic heterocycles. The summed E-state index contributed by atoms with van der Waals surface area (Å²) in [6.45, 7) is 3.37. The Hall–Kier alpha value is -0.710. The molecule has 6 heteroatoms. The molecule has 0 spiro atoms. The van der Waals surface area contributed by atoms with Gasteiger partial charge in [0.25, 0.3) is 0 Å². The first-order chi connectivity index (χ1) is 7.99. The van der Waals surface area contributed by atoms with Crippen molar-refractivity contribution >= 4 is 34.8 Å². The SMILES string of the molecule is CC(O)C1CCN(c2nc(N)c(Cl)cc2Cl)C1. The summed E-state index contributed by atoms with van der Waals surface area (Å²) in [5, 5.41) is 10.4. The number of hydrogen-bond acceptors (Lipinski definition) is 4. The smallest absolute Gasteiger partial charge is 0.149 e. The molecule has 2 atom stereocenters. The first-order valence-electron chi connectivity index (χ1n) is 5.53. The molecule has 17 heavy (non-hydrogen) atoms. The molecule has 1 aliphatic heterocycles. The zero-order chi connectivity index (χ0) is 12.6. The summed E-state index contributed by atoms with van der Waals surface area (Å²) in [4.78, 5) is 6.24. The Kier molecular flexibility index (Phi) is 3.66. The van der Waals surface area contributed by atoms with Crippen LogP contribution in [0.15, 0.2) is 6.07 Å². The Bertz CT molecular complexity index is 425. The third-order valence-corrected chi connectivity index (χ3v) is 3.73. The zero-order valence-corrected chi connectivity index (χ0v) is 11.0. The molecule has 94 valence electrons. The lowest BCUT2D eigenvalue weighted by molar-refractivity contribution is 0.136. The number of aromatic nitrogens is 1. The van der Waals surface area contributed by atoms with Gasteiger partial charge in [-0.05, 0) is 19.4 Å². The second kappa shape index (κ2) is 4.88. The minimum Gasteiger partial charge on any atom is -0.393 e. The zero-order valence-electron chi connectivity index (χ0n) is 9.53. The molecule has 0 amide bonds. The fourth-order valence-electron chi connectivity index (χ4n) is 2.07. The number of rotatable bonds is 2. The lowest BCUT2D eigenvalue weighted by atomic mass is 10.0. The van der Waals surface area contributed by atoms with E-state index in [1.807, 2.05) is 4.90 Å². The number of nitrogens with two attached hydrogens (primary N) is 1. The Morgan fingerprint density at radius 1 is 1.53 bits per heavy atom. The molecule has 2 heterocycles. The van der Waals surface area contributed by atoms with Crippen LogP contribution in [0.2, 0.25) is 10.0 Å². The minimum atomic E-state index is -0.316. The number of pyridine rings is 1. The van der Waals surface area contributed by atoms with E-state index in [2.05, 4.69) is 4.98 Å². The van der Waals surface area contributed by atoms with Crippen LogP contribution in [0.25, 0.3) is 0 Å². The molecule has 0 radical (unpaired) electrons. The molecule has 1 aromatic rings. The second-order valence-electron chi connectivity index (χ2n) is 4.40. The first kappa shape index (κ1) is 12.7. The van der Waals surface area contributed by atoms with Crippen LogP contribution in [0.1, 0.15) is 13.3 Å². The number of aliphatic hydroxyl groups is 1. The van der Waals surface area contributed by atoms with Crippen LogP contribution in [0.5, 0.6) is 0 Å². The predicted octanol–water partition coefficient (Wildman–Crippen LogP) is 2.18. The van der Waals surface area contributed by atoms with Crippen molar-refractivity contribution in [1.82, 2.24) is 4.98 Å². The maximum atomic E-state index is 9.56. The highest BCUT2D eigenvalue weighted by Gasteiger charge is 2.28. The van der Waals surface area contributed by atoms with Gasteiger partial charge in [-0.15, -0.1) is 0 Å². The minimum absolute atomic E-state index is 0.254. The van der Waals surface area contributed by atoms with Crippen molar-refractivity contribution in [3.05, 3.63) is 16.1 Å². The van der Waals surface area contributed by atoms with Gasteiger partial charge in [0.1, 0.15) is 11.6 Å². The van der Waals surface area contributed by atoms with E-state index in [9.17, 15) is 5.11 Å². The summed E-state index contributed by atoms with van der Waals surface area (Å²) in [5.41, 5.74) is 5.67. The van der Waals surface area contributed by atoms with Crippen molar-refractivity contribution in [2.45, 2.75) is 19.4 Å². The molecule has 1 saturated heterocycles. The lowest BCUT2D eigenvalue weighted by Gasteiger charge is -2.20. The van der Waals surface area contributed by atoms with Crippen LogP contribution in [0.3, 0.4) is 0 Å². The fourth-order valence-corrected chi connectivity index (χ4v) is 2.54. The van der Waals surface area contributed by atoms with Crippen LogP contribution >= 0.6 is 23.2 Å². The van der Waals surface area contributed by atoms with Gasteiger partial charge in [0.15, 0.2) is 0 Å². The van der Waals surface area contributed by atoms with E-state index in [4.69, 9.17) is 28.9 Å². The molecule has 0 saturated carbocycles. The number of aliphatic hydroxyl groups excluding tert-OH is 1. The van der Waals surface area contributed by atoms with Crippen molar-refractivity contribution in [1.29, 1.82) is 0 Å². The van der Waals surface area contributed by atoms with Gasteiger partial charge < -0.3 is 15.7 Å². The summed E-state index contributed by atoms with van der Waals surface area (Å²) in [5.74, 6) is 1.19. The third-order valence-electron chi connectivity index (χ3n) is 3.14. The number of nitrogens with zero attached hydrogens (tertiary/aromatic N) is 2. The van der Waals surface area contributed by atoms with Crippen molar-refractivity contribution in [2.75, 3.05) is 23.7 Å². The first-order valence-corrected chi connectivity index (χ1v) is 6.29.